The van der Waals surface area contributed by atoms with Gasteiger partial charge in [0.1, 0.15) is 0 Å². The molecule has 0 spiro atoms. The van der Waals surface area contributed by atoms with Gasteiger partial charge in [0.2, 0.25) is 0 Å². The molecule has 1 N–H and O–H groups in total. The predicted octanol–water partition coefficient (Wildman–Crippen LogP) is 2.29. The lowest BCUT2D eigenvalue weighted by Gasteiger charge is -2.27. The van der Waals surface area contributed by atoms with Crippen LogP contribution in [0.2, 0.25) is 0 Å². The summed E-state index contributed by atoms with van der Waals surface area (Å²) in [5, 5.41) is 8.94. The van der Waals surface area contributed by atoms with Gasteiger partial charge in [0.05, 0.1) is 11.2 Å². The standard InChI is InChI=1S/C11H13F3N2O2S/c1-7-8(19-6-15-7)4-16-3-2-10(5-16,9(17)18)11(12,13)14/h6H,2-5H2,1H3,(H,17,18). The van der Waals surface area contributed by atoms with Crippen LogP contribution >= 0.6 is 11.3 Å². The number of nitrogens with zero attached hydrogens (tertiary/aromatic N) is 2. The number of aromatic nitrogens is 1. The molecule has 1 atom stereocenters. The Morgan fingerprint density at radius 1 is 1.63 bits per heavy atom. The molecule has 1 saturated heterocycles. The first-order valence-corrected chi connectivity index (χ1v) is 6.56. The average molecular weight is 294 g/mol. The van der Waals surface area contributed by atoms with Gasteiger partial charge in [0.25, 0.3) is 0 Å². The van der Waals surface area contributed by atoms with E-state index in [0.717, 1.165) is 10.6 Å². The van der Waals surface area contributed by atoms with Crippen molar-refractivity contribution < 1.29 is 23.1 Å². The van der Waals surface area contributed by atoms with E-state index in [1.807, 2.05) is 0 Å². The fourth-order valence-corrected chi connectivity index (χ4v) is 3.05. The summed E-state index contributed by atoms with van der Waals surface area (Å²) in [7, 11) is 0. The maximum atomic E-state index is 13.0. The number of likely N-dealkylation sites (tertiary alicyclic amines) is 1. The topological polar surface area (TPSA) is 53.4 Å². The lowest BCUT2D eigenvalue weighted by Crippen LogP contribution is -2.47. The Hall–Kier alpha value is -1.15. The van der Waals surface area contributed by atoms with Gasteiger partial charge >= 0.3 is 12.1 Å². The van der Waals surface area contributed by atoms with E-state index in [2.05, 4.69) is 4.98 Å². The average Bonchev–Trinajstić information content (AvgIpc) is 2.87. The van der Waals surface area contributed by atoms with E-state index in [0.29, 0.717) is 6.54 Å². The van der Waals surface area contributed by atoms with Crippen LogP contribution in [0.5, 0.6) is 0 Å². The van der Waals surface area contributed by atoms with Gasteiger partial charge in [0, 0.05) is 24.5 Å². The SMILES string of the molecule is Cc1ncsc1CN1CCC(C(=O)O)(C(F)(F)F)C1. The van der Waals surface area contributed by atoms with Crippen molar-refractivity contribution in [1.82, 2.24) is 9.88 Å². The Balaban J connectivity index is 2.14. The molecule has 0 aliphatic carbocycles. The Labute approximate surface area is 111 Å². The van der Waals surface area contributed by atoms with Crippen LogP contribution in [0, 0.1) is 12.3 Å². The molecule has 1 aliphatic heterocycles. The molecule has 0 amide bonds. The van der Waals surface area contributed by atoms with Crippen LogP contribution in [0.1, 0.15) is 17.0 Å². The summed E-state index contributed by atoms with van der Waals surface area (Å²) in [4.78, 5) is 17.5. The summed E-state index contributed by atoms with van der Waals surface area (Å²) in [5.74, 6) is -1.79. The Morgan fingerprint density at radius 2 is 2.32 bits per heavy atom. The summed E-state index contributed by atoms with van der Waals surface area (Å²) < 4.78 is 38.9. The largest absolute Gasteiger partial charge is 0.481 e. The number of halogens is 3. The number of aliphatic carboxylic acids is 1. The lowest BCUT2D eigenvalue weighted by molar-refractivity contribution is -0.227. The maximum absolute atomic E-state index is 13.0. The summed E-state index contributed by atoms with van der Waals surface area (Å²) >= 11 is 1.37. The molecule has 1 aromatic heterocycles. The summed E-state index contributed by atoms with van der Waals surface area (Å²) in [6, 6.07) is 0. The molecule has 0 aromatic carbocycles. The zero-order valence-corrected chi connectivity index (χ0v) is 11.0. The van der Waals surface area contributed by atoms with Gasteiger partial charge in [0.15, 0.2) is 5.41 Å². The molecule has 19 heavy (non-hydrogen) atoms. The maximum Gasteiger partial charge on any atom is 0.406 e. The van der Waals surface area contributed by atoms with E-state index in [1.165, 1.54) is 16.2 Å². The minimum Gasteiger partial charge on any atom is -0.481 e. The fraction of sp³-hybridized carbons (Fsp3) is 0.636. The van der Waals surface area contributed by atoms with Crippen LogP contribution in [-0.2, 0) is 11.3 Å². The summed E-state index contributed by atoms with van der Waals surface area (Å²) in [5.41, 5.74) is -0.217. The highest BCUT2D eigenvalue weighted by Gasteiger charge is 2.63. The molecular weight excluding hydrogens is 281 g/mol. The second kappa shape index (κ2) is 4.75. The molecule has 1 unspecified atom stereocenters. The molecule has 4 nitrogen and oxygen atoms in total. The second-order valence-electron chi connectivity index (χ2n) is 4.71. The first kappa shape index (κ1) is 14.3. The number of thiazole rings is 1. The first-order chi connectivity index (χ1) is 8.76. The van der Waals surface area contributed by atoms with Crippen LogP contribution in [0.15, 0.2) is 5.51 Å². The highest BCUT2D eigenvalue weighted by atomic mass is 32.1. The lowest BCUT2D eigenvalue weighted by atomic mass is 9.86. The van der Waals surface area contributed by atoms with Gasteiger partial charge < -0.3 is 5.11 Å². The van der Waals surface area contributed by atoms with E-state index >= 15 is 0 Å². The number of carbonyl (C=O) groups is 1. The van der Waals surface area contributed by atoms with Crippen molar-refractivity contribution in [3.05, 3.63) is 16.1 Å². The van der Waals surface area contributed by atoms with Crippen molar-refractivity contribution in [3.63, 3.8) is 0 Å². The van der Waals surface area contributed by atoms with E-state index in [9.17, 15) is 18.0 Å². The van der Waals surface area contributed by atoms with Crippen LogP contribution in [0.25, 0.3) is 0 Å². The van der Waals surface area contributed by atoms with Crippen LogP contribution in [0.4, 0.5) is 13.2 Å². The molecule has 2 heterocycles. The summed E-state index contributed by atoms with van der Waals surface area (Å²) in [6.07, 6.45) is -5.12. The van der Waals surface area contributed by atoms with E-state index < -0.39 is 30.5 Å². The minimum absolute atomic E-state index is 0.128. The number of aryl methyl sites for hydroxylation is 1. The van der Waals surface area contributed by atoms with Gasteiger partial charge in [-0.15, -0.1) is 11.3 Å². The molecule has 1 aromatic rings. The van der Waals surface area contributed by atoms with E-state index in [1.54, 1.807) is 12.4 Å². The zero-order chi connectivity index (χ0) is 14.3. The molecule has 106 valence electrons. The Morgan fingerprint density at radius 3 is 2.74 bits per heavy atom. The van der Waals surface area contributed by atoms with Gasteiger partial charge in [-0.3, -0.25) is 9.69 Å². The van der Waals surface area contributed by atoms with Crippen molar-refractivity contribution in [1.29, 1.82) is 0 Å². The highest BCUT2D eigenvalue weighted by molar-refractivity contribution is 7.09. The van der Waals surface area contributed by atoms with Gasteiger partial charge in [-0.05, 0) is 13.3 Å². The first-order valence-electron chi connectivity index (χ1n) is 5.68. The monoisotopic (exact) mass is 294 g/mol. The fourth-order valence-electron chi connectivity index (χ4n) is 2.23. The van der Waals surface area contributed by atoms with Crippen LogP contribution in [0.3, 0.4) is 0 Å². The molecular formula is C11H13F3N2O2S. The Bertz CT molecular complexity index is 489. The van der Waals surface area contributed by atoms with Gasteiger partial charge in [-0.25, -0.2) is 4.98 Å². The van der Waals surface area contributed by atoms with E-state index in [-0.39, 0.29) is 6.54 Å². The molecule has 0 saturated carbocycles. The van der Waals surface area contributed by atoms with Crippen molar-refractivity contribution in [3.8, 4) is 0 Å². The predicted molar refractivity (Wildman–Crippen MR) is 62.9 cm³/mol. The van der Waals surface area contributed by atoms with Gasteiger partial charge in [-0.2, -0.15) is 13.2 Å². The number of hydrogen-bond acceptors (Lipinski definition) is 4. The highest BCUT2D eigenvalue weighted by Crippen LogP contribution is 2.46. The third kappa shape index (κ3) is 2.46. The molecule has 1 fully saturated rings. The van der Waals surface area contributed by atoms with Crippen molar-refractivity contribution >= 4 is 17.3 Å². The second-order valence-corrected chi connectivity index (χ2v) is 5.65. The molecule has 2 rings (SSSR count). The van der Waals surface area contributed by atoms with Crippen LogP contribution < -0.4 is 0 Å². The number of carboxylic acids is 1. The van der Waals surface area contributed by atoms with Gasteiger partial charge in [-0.1, -0.05) is 0 Å². The number of carboxylic acid groups (broad SMARTS) is 1. The smallest absolute Gasteiger partial charge is 0.406 e. The normalized spacial score (nSPS) is 24.8. The van der Waals surface area contributed by atoms with Crippen molar-refractivity contribution in [2.45, 2.75) is 26.1 Å². The molecule has 1 aliphatic rings. The number of hydrogen-bond donors (Lipinski definition) is 1. The third-order valence-corrected chi connectivity index (χ3v) is 4.43. The molecule has 0 bridgehead atoms. The Kier molecular flexibility index (Phi) is 3.57. The minimum atomic E-state index is -4.73. The van der Waals surface area contributed by atoms with Crippen molar-refractivity contribution in [2.24, 2.45) is 5.41 Å². The zero-order valence-electron chi connectivity index (χ0n) is 10.2. The van der Waals surface area contributed by atoms with Crippen molar-refractivity contribution in [2.75, 3.05) is 13.1 Å². The van der Waals surface area contributed by atoms with E-state index in [4.69, 9.17) is 5.11 Å². The molecule has 8 heteroatoms. The molecule has 0 radical (unpaired) electrons. The number of rotatable bonds is 3. The third-order valence-electron chi connectivity index (χ3n) is 3.51. The number of alkyl halides is 3. The van der Waals surface area contributed by atoms with Crippen LogP contribution in [-0.4, -0.2) is 40.2 Å². The quantitative estimate of drug-likeness (QED) is 0.929. The summed E-state index contributed by atoms with van der Waals surface area (Å²) in [6.45, 7) is 1.74.